The second kappa shape index (κ2) is 3.85. The number of thiazole rings is 1. The first-order valence-corrected chi connectivity index (χ1v) is 5.18. The smallest absolute Gasteiger partial charge is 0.145 e. The molecule has 0 aliphatic heterocycles. The predicted molar refractivity (Wildman–Crippen MR) is 55.0 cm³/mol. The van der Waals surface area contributed by atoms with Crippen LogP contribution in [0.25, 0.3) is 10.7 Å². The maximum Gasteiger partial charge on any atom is 0.145 e. The normalized spacial score (nSPS) is 13.0. The third kappa shape index (κ3) is 1.66. The number of aromatic nitrogens is 4. The minimum Gasteiger partial charge on any atom is -0.312 e. The Morgan fingerprint density at radius 2 is 2.43 bits per heavy atom. The van der Waals surface area contributed by atoms with Crippen molar-refractivity contribution in [2.45, 2.75) is 13.0 Å². The molecule has 0 aliphatic carbocycles. The first-order valence-electron chi connectivity index (χ1n) is 4.30. The van der Waals surface area contributed by atoms with Gasteiger partial charge in [0.1, 0.15) is 10.7 Å². The highest BCUT2D eigenvalue weighted by Gasteiger charge is 2.10. The summed E-state index contributed by atoms with van der Waals surface area (Å²) in [6.07, 6.45) is 1.67. The molecule has 1 unspecified atom stereocenters. The number of nitrogens with zero attached hydrogens (tertiary/aromatic N) is 3. The van der Waals surface area contributed by atoms with Gasteiger partial charge in [-0.3, -0.25) is 0 Å². The molecule has 2 aromatic rings. The van der Waals surface area contributed by atoms with Gasteiger partial charge >= 0.3 is 0 Å². The molecular formula is C8H11N5S. The summed E-state index contributed by atoms with van der Waals surface area (Å²) in [5.41, 5.74) is 1.83. The summed E-state index contributed by atoms with van der Waals surface area (Å²) in [6, 6.07) is 0.270. The van der Waals surface area contributed by atoms with Crippen LogP contribution in [0.15, 0.2) is 11.6 Å². The van der Waals surface area contributed by atoms with Gasteiger partial charge in [-0.1, -0.05) is 0 Å². The molecule has 0 saturated carbocycles. The molecule has 74 valence electrons. The minimum atomic E-state index is 0.270. The number of aromatic amines is 1. The molecule has 6 heteroatoms. The molecule has 1 atom stereocenters. The lowest BCUT2D eigenvalue weighted by Crippen LogP contribution is -2.12. The van der Waals surface area contributed by atoms with Gasteiger partial charge in [0.05, 0.1) is 11.9 Å². The van der Waals surface area contributed by atoms with E-state index in [4.69, 9.17) is 0 Å². The Morgan fingerprint density at radius 3 is 3.07 bits per heavy atom. The summed E-state index contributed by atoms with van der Waals surface area (Å²) in [5, 5.41) is 16.4. The third-order valence-corrected chi connectivity index (χ3v) is 2.92. The quantitative estimate of drug-likeness (QED) is 0.797. The zero-order valence-corrected chi connectivity index (χ0v) is 8.80. The van der Waals surface area contributed by atoms with Crippen LogP contribution in [0.4, 0.5) is 0 Å². The van der Waals surface area contributed by atoms with Gasteiger partial charge in [0.2, 0.25) is 0 Å². The monoisotopic (exact) mass is 209 g/mol. The van der Waals surface area contributed by atoms with Crippen LogP contribution in [0.1, 0.15) is 18.7 Å². The SMILES string of the molecule is CNC(C)c1csc(-c2cn[nH]n2)n1. The largest absolute Gasteiger partial charge is 0.312 e. The van der Waals surface area contributed by atoms with E-state index >= 15 is 0 Å². The standard InChI is InChI=1S/C8H11N5S/c1-5(9-2)7-4-14-8(11-7)6-3-10-13-12-6/h3-5,9H,1-2H3,(H,10,12,13). The zero-order chi connectivity index (χ0) is 9.97. The molecule has 2 aromatic heterocycles. The summed E-state index contributed by atoms with van der Waals surface area (Å²) in [7, 11) is 1.92. The second-order valence-electron chi connectivity index (χ2n) is 2.94. The van der Waals surface area contributed by atoms with E-state index in [2.05, 4.69) is 32.6 Å². The van der Waals surface area contributed by atoms with Crippen LogP contribution < -0.4 is 5.32 Å². The van der Waals surface area contributed by atoms with Crippen LogP contribution in [0.2, 0.25) is 0 Å². The van der Waals surface area contributed by atoms with Crippen LogP contribution in [0.5, 0.6) is 0 Å². The molecule has 5 nitrogen and oxygen atoms in total. The highest BCUT2D eigenvalue weighted by Crippen LogP contribution is 2.23. The fraction of sp³-hybridized carbons (Fsp3) is 0.375. The van der Waals surface area contributed by atoms with E-state index in [1.165, 1.54) is 0 Å². The number of hydrogen-bond donors (Lipinski definition) is 2. The highest BCUT2D eigenvalue weighted by molar-refractivity contribution is 7.13. The lowest BCUT2D eigenvalue weighted by molar-refractivity contribution is 0.637. The molecule has 2 N–H and O–H groups in total. The Morgan fingerprint density at radius 1 is 1.57 bits per heavy atom. The van der Waals surface area contributed by atoms with E-state index in [0.29, 0.717) is 0 Å². The lowest BCUT2D eigenvalue weighted by atomic mass is 10.3. The van der Waals surface area contributed by atoms with Crippen molar-refractivity contribution in [1.29, 1.82) is 0 Å². The summed E-state index contributed by atoms with van der Waals surface area (Å²) in [5.74, 6) is 0. The van der Waals surface area contributed by atoms with Crippen LogP contribution in [0, 0.1) is 0 Å². The molecule has 2 heterocycles. The number of nitrogens with one attached hydrogen (secondary N) is 2. The molecule has 0 aromatic carbocycles. The van der Waals surface area contributed by atoms with Gasteiger partial charge in [-0.2, -0.15) is 15.4 Å². The van der Waals surface area contributed by atoms with Gasteiger partial charge < -0.3 is 5.32 Å². The van der Waals surface area contributed by atoms with E-state index in [9.17, 15) is 0 Å². The van der Waals surface area contributed by atoms with Crippen molar-refractivity contribution in [3.8, 4) is 10.7 Å². The molecule has 0 bridgehead atoms. The summed E-state index contributed by atoms with van der Waals surface area (Å²) >= 11 is 1.58. The van der Waals surface area contributed by atoms with Gasteiger partial charge in [-0.15, -0.1) is 11.3 Å². The maximum atomic E-state index is 4.46. The minimum absolute atomic E-state index is 0.270. The van der Waals surface area contributed by atoms with E-state index in [1.807, 2.05) is 12.4 Å². The average Bonchev–Trinajstić information content (AvgIpc) is 2.86. The molecule has 0 amide bonds. The molecule has 0 fully saturated rings. The van der Waals surface area contributed by atoms with Crippen LogP contribution in [-0.4, -0.2) is 27.4 Å². The van der Waals surface area contributed by atoms with Crippen molar-refractivity contribution in [3.63, 3.8) is 0 Å². The fourth-order valence-electron chi connectivity index (χ4n) is 1.06. The Labute approximate surface area is 85.6 Å². The summed E-state index contributed by atoms with van der Waals surface area (Å²) in [4.78, 5) is 4.46. The molecule has 14 heavy (non-hydrogen) atoms. The summed E-state index contributed by atoms with van der Waals surface area (Å²) < 4.78 is 0. The van der Waals surface area contributed by atoms with Gasteiger partial charge in [-0.05, 0) is 14.0 Å². The second-order valence-corrected chi connectivity index (χ2v) is 3.80. The molecule has 2 rings (SSSR count). The first-order chi connectivity index (χ1) is 6.81. The molecule has 0 saturated heterocycles. The third-order valence-electron chi connectivity index (χ3n) is 2.03. The van der Waals surface area contributed by atoms with Gasteiger partial charge in [0.15, 0.2) is 0 Å². The topological polar surface area (TPSA) is 66.5 Å². The molecule has 0 spiro atoms. The van der Waals surface area contributed by atoms with Crippen molar-refractivity contribution in [3.05, 3.63) is 17.3 Å². The number of H-pyrrole nitrogens is 1. The summed E-state index contributed by atoms with van der Waals surface area (Å²) in [6.45, 7) is 2.07. The molecular weight excluding hydrogens is 198 g/mol. The van der Waals surface area contributed by atoms with Crippen molar-refractivity contribution >= 4 is 11.3 Å². The zero-order valence-electron chi connectivity index (χ0n) is 7.98. The van der Waals surface area contributed by atoms with Crippen molar-refractivity contribution in [1.82, 2.24) is 25.7 Å². The lowest BCUT2D eigenvalue weighted by Gasteiger charge is -2.04. The van der Waals surface area contributed by atoms with E-state index < -0.39 is 0 Å². The Balaban J connectivity index is 2.26. The van der Waals surface area contributed by atoms with Crippen LogP contribution in [-0.2, 0) is 0 Å². The van der Waals surface area contributed by atoms with E-state index in [0.717, 1.165) is 16.4 Å². The van der Waals surface area contributed by atoms with Gasteiger partial charge in [0.25, 0.3) is 0 Å². The first kappa shape index (κ1) is 9.29. The Kier molecular flexibility index (Phi) is 2.55. The maximum absolute atomic E-state index is 4.46. The Hall–Kier alpha value is -1.27. The molecule has 0 aliphatic rings. The van der Waals surface area contributed by atoms with Crippen molar-refractivity contribution < 1.29 is 0 Å². The van der Waals surface area contributed by atoms with E-state index in [1.54, 1.807) is 17.5 Å². The van der Waals surface area contributed by atoms with Gasteiger partial charge in [0, 0.05) is 11.4 Å². The van der Waals surface area contributed by atoms with E-state index in [-0.39, 0.29) is 6.04 Å². The van der Waals surface area contributed by atoms with Crippen molar-refractivity contribution in [2.24, 2.45) is 0 Å². The average molecular weight is 209 g/mol. The fourth-order valence-corrected chi connectivity index (χ4v) is 1.92. The van der Waals surface area contributed by atoms with Gasteiger partial charge in [-0.25, -0.2) is 4.98 Å². The highest BCUT2D eigenvalue weighted by atomic mass is 32.1. The number of hydrogen-bond acceptors (Lipinski definition) is 5. The van der Waals surface area contributed by atoms with Crippen LogP contribution in [0.3, 0.4) is 0 Å². The predicted octanol–water partition coefficient (Wildman–Crippen LogP) is 1.21. The number of rotatable bonds is 3. The van der Waals surface area contributed by atoms with Crippen LogP contribution >= 0.6 is 11.3 Å². The molecule has 0 radical (unpaired) electrons. The van der Waals surface area contributed by atoms with Crippen molar-refractivity contribution in [2.75, 3.05) is 7.05 Å². The Bertz CT molecular complexity index is 394.